The molecule has 1 fully saturated rings. The van der Waals surface area contributed by atoms with Gasteiger partial charge >= 0.3 is 11.9 Å². The van der Waals surface area contributed by atoms with Crippen LogP contribution in [-0.4, -0.2) is 50.1 Å². The lowest BCUT2D eigenvalue weighted by Crippen LogP contribution is -2.33. The van der Waals surface area contributed by atoms with E-state index in [1.807, 2.05) is 0 Å². The Morgan fingerprint density at radius 2 is 1.84 bits per heavy atom. The van der Waals surface area contributed by atoms with Crippen LogP contribution in [0.2, 0.25) is 10.0 Å². The lowest BCUT2D eigenvalue weighted by molar-refractivity contribution is -0.177. The second-order valence-corrected chi connectivity index (χ2v) is 5.62. The minimum absolute atomic E-state index is 0.368. The Labute approximate surface area is 151 Å². The molecule has 1 aromatic heterocycles. The summed E-state index contributed by atoms with van der Waals surface area (Å²) in [5.41, 5.74) is 0.703. The fourth-order valence-corrected chi connectivity index (χ4v) is 2.54. The molecule has 2 aromatic rings. The second kappa shape index (κ2) is 8.26. The molecule has 1 aliphatic heterocycles. The van der Waals surface area contributed by atoms with Gasteiger partial charge in [-0.05, 0) is 18.2 Å². The highest BCUT2D eigenvalue weighted by molar-refractivity contribution is 6.33. The van der Waals surface area contributed by atoms with Gasteiger partial charge in [0.05, 0.1) is 13.2 Å². The van der Waals surface area contributed by atoms with Gasteiger partial charge in [-0.1, -0.05) is 23.2 Å². The largest absolute Gasteiger partial charge is 0.473 e. The lowest BCUT2D eigenvalue weighted by atomic mass is 10.1. The standard InChI is InChI=1S/C12H11Cl2N3O2.C2H2O4/c13-9-1-2-11(14)10(5-9)12(18-3-4-19-12)6-17-8-15-7-16-17;3-1(4)2(5)6/h1-2,5,7-8H,3-4,6H2;(H,3,4)(H,5,6). The normalized spacial score (nSPS) is 15.3. The van der Waals surface area contributed by atoms with Gasteiger partial charge in [-0.3, -0.25) is 0 Å². The number of halogens is 2. The number of carbonyl (C=O) groups is 2. The number of ether oxygens (including phenoxy) is 2. The van der Waals surface area contributed by atoms with Gasteiger partial charge in [0.1, 0.15) is 19.2 Å². The summed E-state index contributed by atoms with van der Waals surface area (Å²) in [5, 5.41) is 20.0. The SMILES string of the molecule is Clc1ccc(Cl)c(C2(Cn3cncn3)OCCO2)c1.O=C(O)C(=O)O. The third-order valence-corrected chi connectivity index (χ3v) is 3.68. The highest BCUT2D eigenvalue weighted by atomic mass is 35.5. The number of benzene rings is 1. The van der Waals surface area contributed by atoms with Gasteiger partial charge < -0.3 is 19.7 Å². The molecular formula is C14H13Cl2N3O6. The quantitative estimate of drug-likeness (QED) is 0.759. The molecule has 2 heterocycles. The molecule has 25 heavy (non-hydrogen) atoms. The van der Waals surface area contributed by atoms with E-state index in [-0.39, 0.29) is 0 Å². The zero-order chi connectivity index (χ0) is 18.4. The maximum absolute atomic E-state index is 9.10. The van der Waals surface area contributed by atoms with E-state index in [0.717, 1.165) is 0 Å². The molecule has 0 amide bonds. The zero-order valence-electron chi connectivity index (χ0n) is 12.6. The Balaban J connectivity index is 0.000000326. The van der Waals surface area contributed by atoms with E-state index in [9.17, 15) is 0 Å². The first-order valence-corrected chi connectivity index (χ1v) is 7.62. The summed E-state index contributed by atoms with van der Waals surface area (Å²) in [6, 6.07) is 5.21. The molecule has 2 N–H and O–H groups in total. The molecule has 1 aromatic carbocycles. The van der Waals surface area contributed by atoms with Crippen LogP contribution in [0.4, 0.5) is 0 Å². The number of hydrogen-bond donors (Lipinski definition) is 2. The molecule has 1 aliphatic rings. The number of hydrogen-bond acceptors (Lipinski definition) is 6. The topological polar surface area (TPSA) is 124 Å². The van der Waals surface area contributed by atoms with Gasteiger partial charge in [-0.2, -0.15) is 5.10 Å². The van der Waals surface area contributed by atoms with Crippen LogP contribution in [0, 0.1) is 0 Å². The molecule has 1 saturated heterocycles. The molecular weight excluding hydrogens is 377 g/mol. The monoisotopic (exact) mass is 389 g/mol. The molecule has 11 heteroatoms. The van der Waals surface area contributed by atoms with Gasteiger partial charge in [0, 0.05) is 15.6 Å². The minimum Gasteiger partial charge on any atom is -0.473 e. The predicted octanol–water partition coefficient (Wildman–Crippen LogP) is 1.64. The summed E-state index contributed by atoms with van der Waals surface area (Å²) < 4.78 is 13.2. The first kappa shape index (κ1) is 19.1. The van der Waals surface area contributed by atoms with Crippen molar-refractivity contribution in [2.24, 2.45) is 0 Å². The summed E-state index contributed by atoms with van der Waals surface area (Å²) in [4.78, 5) is 22.1. The van der Waals surface area contributed by atoms with Crippen molar-refractivity contribution < 1.29 is 29.3 Å². The maximum atomic E-state index is 9.10. The van der Waals surface area contributed by atoms with Crippen LogP contribution < -0.4 is 0 Å². The highest BCUT2D eigenvalue weighted by Gasteiger charge is 2.41. The first-order valence-electron chi connectivity index (χ1n) is 6.86. The number of rotatable bonds is 3. The van der Waals surface area contributed by atoms with Gasteiger partial charge in [0.25, 0.3) is 0 Å². The number of carboxylic acids is 2. The lowest BCUT2D eigenvalue weighted by Gasteiger charge is -2.28. The molecule has 3 rings (SSSR count). The Morgan fingerprint density at radius 1 is 1.20 bits per heavy atom. The summed E-state index contributed by atoms with van der Waals surface area (Å²) in [5.74, 6) is -4.61. The van der Waals surface area contributed by atoms with Crippen molar-refractivity contribution in [2.75, 3.05) is 13.2 Å². The molecule has 9 nitrogen and oxygen atoms in total. The van der Waals surface area contributed by atoms with Crippen LogP contribution in [0.15, 0.2) is 30.9 Å². The van der Waals surface area contributed by atoms with Crippen molar-refractivity contribution in [1.82, 2.24) is 14.8 Å². The molecule has 0 unspecified atom stereocenters. The van der Waals surface area contributed by atoms with Crippen molar-refractivity contribution in [3.05, 3.63) is 46.5 Å². The number of carboxylic acid groups (broad SMARTS) is 2. The Hall–Kier alpha value is -2.20. The van der Waals surface area contributed by atoms with Crippen molar-refractivity contribution in [2.45, 2.75) is 12.3 Å². The molecule has 0 bridgehead atoms. The van der Waals surface area contributed by atoms with Crippen molar-refractivity contribution in [3.8, 4) is 0 Å². The highest BCUT2D eigenvalue weighted by Crippen LogP contribution is 2.38. The van der Waals surface area contributed by atoms with E-state index < -0.39 is 17.7 Å². The average Bonchev–Trinajstić information content (AvgIpc) is 3.23. The Bertz CT molecular complexity index is 735. The third kappa shape index (κ3) is 4.89. The first-order chi connectivity index (χ1) is 11.8. The van der Waals surface area contributed by atoms with E-state index in [0.29, 0.717) is 35.4 Å². The zero-order valence-corrected chi connectivity index (χ0v) is 14.1. The van der Waals surface area contributed by atoms with E-state index in [1.54, 1.807) is 29.2 Å². The third-order valence-electron chi connectivity index (χ3n) is 3.11. The maximum Gasteiger partial charge on any atom is 0.414 e. The van der Waals surface area contributed by atoms with E-state index in [1.165, 1.54) is 6.33 Å². The van der Waals surface area contributed by atoms with Gasteiger partial charge in [-0.25, -0.2) is 19.3 Å². The van der Waals surface area contributed by atoms with Gasteiger partial charge in [-0.15, -0.1) is 0 Å². The Kier molecular flexibility index (Phi) is 6.32. The van der Waals surface area contributed by atoms with Gasteiger partial charge in [0.15, 0.2) is 0 Å². The fraction of sp³-hybridized carbons (Fsp3) is 0.286. The van der Waals surface area contributed by atoms with Crippen LogP contribution in [0.1, 0.15) is 5.56 Å². The van der Waals surface area contributed by atoms with E-state index in [2.05, 4.69) is 10.1 Å². The molecule has 0 radical (unpaired) electrons. The number of aromatic nitrogens is 3. The predicted molar refractivity (Wildman–Crippen MR) is 85.3 cm³/mol. The number of nitrogens with zero attached hydrogens (tertiary/aromatic N) is 3. The fourth-order valence-electron chi connectivity index (χ4n) is 2.10. The summed E-state index contributed by atoms with van der Waals surface area (Å²) in [7, 11) is 0. The smallest absolute Gasteiger partial charge is 0.414 e. The summed E-state index contributed by atoms with van der Waals surface area (Å²) >= 11 is 12.3. The van der Waals surface area contributed by atoms with Crippen LogP contribution in [0.25, 0.3) is 0 Å². The van der Waals surface area contributed by atoms with Crippen molar-refractivity contribution in [1.29, 1.82) is 0 Å². The molecule has 0 aliphatic carbocycles. The minimum atomic E-state index is -1.82. The van der Waals surface area contributed by atoms with Crippen LogP contribution in [0.5, 0.6) is 0 Å². The molecule has 0 saturated carbocycles. The average molecular weight is 390 g/mol. The van der Waals surface area contributed by atoms with E-state index >= 15 is 0 Å². The van der Waals surface area contributed by atoms with Crippen molar-refractivity contribution >= 4 is 35.1 Å². The van der Waals surface area contributed by atoms with Crippen LogP contribution >= 0.6 is 23.2 Å². The Morgan fingerprint density at radius 3 is 2.36 bits per heavy atom. The second-order valence-electron chi connectivity index (χ2n) is 4.78. The van der Waals surface area contributed by atoms with Gasteiger partial charge in [0.2, 0.25) is 5.79 Å². The summed E-state index contributed by atoms with van der Waals surface area (Å²) in [6.07, 6.45) is 3.06. The van der Waals surface area contributed by atoms with Crippen LogP contribution in [0.3, 0.4) is 0 Å². The van der Waals surface area contributed by atoms with Crippen molar-refractivity contribution in [3.63, 3.8) is 0 Å². The number of aliphatic carboxylic acids is 2. The molecule has 0 atom stereocenters. The van der Waals surface area contributed by atoms with E-state index in [4.69, 9.17) is 52.5 Å². The molecule has 134 valence electrons. The molecule has 0 spiro atoms. The van der Waals surface area contributed by atoms with Crippen LogP contribution in [-0.2, 0) is 31.4 Å². The summed E-state index contributed by atoms with van der Waals surface area (Å²) in [6.45, 7) is 1.36.